The third kappa shape index (κ3) is 4.73. The molecule has 0 fully saturated rings. The maximum Gasteiger partial charge on any atom is 0.232 e. The van der Waals surface area contributed by atoms with E-state index in [1.54, 1.807) is 6.07 Å². The first-order valence-electron chi connectivity index (χ1n) is 4.99. The van der Waals surface area contributed by atoms with Crippen LogP contribution >= 0.6 is 22.3 Å². The standard InChI is InChI=1S/C11H14Cl2O2S/c1-8(2)10-5-9(6-11(12)7-10)3-4-16(13,14)15/h5-8H,3-4H2,1-2H3. The first kappa shape index (κ1) is 13.8. The quantitative estimate of drug-likeness (QED) is 0.790. The summed E-state index contributed by atoms with van der Waals surface area (Å²) in [6, 6.07) is 5.64. The molecule has 0 radical (unpaired) electrons. The molecule has 0 spiro atoms. The second-order valence-corrected chi connectivity index (χ2v) is 7.37. The Morgan fingerprint density at radius 1 is 1.25 bits per heavy atom. The van der Waals surface area contributed by atoms with E-state index in [0.717, 1.165) is 11.1 Å². The number of hydrogen-bond acceptors (Lipinski definition) is 2. The van der Waals surface area contributed by atoms with Crippen molar-refractivity contribution in [2.75, 3.05) is 5.75 Å². The van der Waals surface area contributed by atoms with E-state index in [-0.39, 0.29) is 5.75 Å². The number of hydrogen-bond donors (Lipinski definition) is 0. The lowest BCUT2D eigenvalue weighted by Crippen LogP contribution is -2.02. The Kier molecular flexibility index (Phi) is 4.65. The van der Waals surface area contributed by atoms with Crippen LogP contribution in [0.15, 0.2) is 18.2 Å². The van der Waals surface area contributed by atoms with Crippen molar-refractivity contribution >= 4 is 31.3 Å². The minimum Gasteiger partial charge on any atom is -0.212 e. The predicted octanol–water partition coefficient (Wildman–Crippen LogP) is 3.57. The molecule has 0 heterocycles. The van der Waals surface area contributed by atoms with Gasteiger partial charge in [-0.1, -0.05) is 31.5 Å². The maximum atomic E-state index is 10.8. The van der Waals surface area contributed by atoms with Crippen LogP contribution in [0, 0.1) is 0 Å². The minimum atomic E-state index is -3.44. The molecule has 0 bridgehead atoms. The van der Waals surface area contributed by atoms with Crippen LogP contribution in [0.25, 0.3) is 0 Å². The van der Waals surface area contributed by atoms with E-state index in [1.165, 1.54) is 0 Å². The Hall–Kier alpha value is -0.250. The fourth-order valence-corrected chi connectivity index (χ4v) is 2.37. The van der Waals surface area contributed by atoms with Crippen molar-refractivity contribution in [2.24, 2.45) is 0 Å². The highest BCUT2D eigenvalue weighted by Gasteiger charge is 2.08. The van der Waals surface area contributed by atoms with Crippen molar-refractivity contribution in [1.82, 2.24) is 0 Å². The Morgan fingerprint density at radius 2 is 1.88 bits per heavy atom. The van der Waals surface area contributed by atoms with E-state index in [2.05, 4.69) is 13.8 Å². The molecular weight excluding hydrogens is 267 g/mol. The SMILES string of the molecule is CC(C)c1cc(Cl)cc(CCS(=O)(=O)Cl)c1. The smallest absolute Gasteiger partial charge is 0.212 e. The van der Waals surface area contributed by atoms with E-state index in [9.17, 15) is 8.42 Å². The Morgan fingerprint density at radius 3 is 2.38 bits per heavy atom. The van der Waals surface area contributed by atoms with Crippen LogP contribution in [0.5, 0.6) is 0 Å². The van der Waals surface area contributed by atoms with E-state index in [0.29, 0.717) is 17.4 Å². The molecule has 5 heteroatoms. The van der Waals surface area contributed by atoms with Crippen molar-refractivity contribution in [2.45, 2.75) is 26.2 Å². The zero-order chi connectivity index (χ0) is 12.3. The lowest BCUT2D eigenvalue weighted by atomic mass is 10.00. The van der Waals surface area contributed by atoms with Gasteiger partial charge in [0.05, 0.1) is 5.75 Å². The van der Waals surface area contributed by atoms with Crippen LogP contribution in [0.2, 0.25) is 5.02 Å². The maximum absolute atomic E-state index is 10.8. The third-order valence-corrected chi connectivity index (χ3v) is 3.65. The second-order valence-electron chi connectivity index (χ2n) is 4.04. The highest BCUT2D eigenvalue weighted by Crippen LogP contribution is 2.22. The van der Waals surface area contributed by atoms with E-state index in [4.69, 9.17) is 22.3 Å². The van der Waals surface area contributed by atoms with Gasteiger partial charge in [-0.3, -0.25) is 0 Å². The summed E-state index contributed by atoms with van der Waals surface area (Å²) in [5.74, 6) is 0.303. The van der Waals surface area contributed by atoms with Gasteiger partial charge in [0.1, 0.15) is 0 Å². The molecule has 0 aromatic heterocycles. The summed E-state index contributed by atoms with van der Waals surface area (Å²) in [7, 11) is 1.73. The summed E-state index contributed by atoms with van der Waals surface area (Å²) in [4.78, 5) is 0. The highest BCUT2D eigenvalue weighted by atomic mass is 35.7. The zero-order valence-corrected chi connectivity index (χ0v) is 11.5. The molecule has 2 nitrogen and oxygen atoms in total. The number of aryl methyl sites for hydroxylation is 1. The summed E-state index contributed by atoms with van der Waals surface area (Å²) >= 11 is 5.96. The predicted molar refractivity (Wildman–Crippen MR) is 68.9 cm³/mol. The second kappa shape index (κ2) is 5.39. The van der Waals surface area contributed by atoms with Crippen LogP contribution in [-0.4, -0.2) is 14.2 Å². The van der Waals surface area contributed by atoms with Gasteiger partial charge in [0, 0.05) is 15.7 Å². The molecule has 1 rings (SSSR count). The van der Waals surface area contributed by atoms with Gasteiger partial charge >= 0.3 is 0 Å². The minimum absolute atomic E-state index is 0.0631. The summed E-state index contributed by atoms with van der Waals surface area (Å²) in [5, 5.41) is 0.633. The normalized spacial score (nSPS) is 12.1. The van der Waals surface area contributed by atoms with Crippen molar-refractivity contribution < 1.29 is 8.42 Å². The van der Waals surface area contributed by atoms with Crippen molar-refractivity contribution in [3.8, 4) is 0 Å². The van der Waals surface area contributed by atoms with Crippen molar-refractivity contribution in [1.29, 1.82) is 0 Å². The monoisotopic (exact) mass is 280 g/mol. The molecule has 0 saturated carbocycles. The van der Waals surface area contributed by atoms with Gasteiger partial charge in [-0.25, -0.2) is 8.42 Å². The Balaban J connectivity index is 2.89. The first-order valence-corrected chi connectivity index (χ1v) is 7.85. The lowest BCUT2D eigenvalue weighted by Gasteiger charge is -2.09. The average Bonchev–Trinajstić information content (AvgIpc) is 2.13. The summed E-state index contributed by atoms with van der Waals surface area (Å²) in [5.41, 5.74) is 2.01. The summed E-state index contributed by atoms with van der Waals surface area (Å²) in [6.07, 6.45) is 0.395. The van der Waals surface area contributed by atoms with E-state index >= 15 is 0 Å². The fraction of sp³-hybridized carbons (Fsp3) is 0.455. The molecule has 16 heavy (non-hydrogen) atoms. The molecule has 1 aromatic rings. The fourth-order valence-electron chi connectivity index (χ4n) is 1.39. The highest BCUT2D eigenvalue weighted by molar-refractivity contribution is 8.13. The van der Waals surface area contributed by atoms with E-state index in [1.807, 2.05) is 12.1 Å². The third-order valence-electron chi connectivity index (χ3n) is 2.28. The zero-order valence-electron chi connectivity index (χ0n) is 9.20. The van der Waals surface area contributed by atoms with Gasteiger partial charge in [0.25, 0.3) is 0 Å². The molecule has 0 aliphatic rings. The van der Waals surface area contributed by atoms with Crippen LogP contribution in [0.4, 0.5) is 0 Å². The average molecular weight is 281 g/mol. The molecule has 90 valence electrons. The Labute approximate surface area is 106 Å². The largest absolute Gasteiger partial charge is 0.232 e. The summed E-state index contributed by atoms with van der Waals surface area (Å²) in [6.45, 7) is 4.13. The first-order chi connectivity index (χ1) is 7.28. The molecular formula is C11H14Cl2O2S. The van der Waals surface area contributed by atoms with E-state index < -0.39 is 9.05 Å². The van der Waals surface area contributed by atoms with Crippen LogP contribution < -0.4 is 0 Å². The number of halogens is 2. The van der Waals surface area contributed by atoms with Crippen molar-refractivity contribution in [3.05, 3.63) is 34.3 Å². The molecule has 0 amide bonds. The van der Waals surface area contributed by atoms with Crippen LogP contribution in [0.3, 0.4) is 0 Å². The molecule has 0 unspecified atom stereocenters. The van der Waals surface area contributed by atoms with Gasteiger partial charge in [-0.2, -0.15) is 0 Å². The lowest BCUT2D eigenvalue weighted by molar-refractivity contribution is 0.609. The van der Waals surface area contributed by atoms with Crippen LogP contribution in [0.1, 0.15) is 30.9 Å². The Bertz CT molecular complexity index is 467. The van der Waals surface area contributed by atoms with Gasteiger partial charge < -0.3 is 0 Å². The summed E-state index contributed by atoms with van der Waals surface area (Å²) < 4.78 is 21.7. The molecule has 0 aliphatic heterocycles. The van der Waals surface area contributed by atoms with Crippen molar-refractivity contribution in [3.63, 3.8) is 0 Å². The number of benzene rings is 1. The van der Waals surface area contributed by atoms with Gasteiger partial charge in [-0.05, 0) is 35.6 Å². The number of rotatable bonds is 4. The molecule has 0 aliphatic carbocycles. The molecule has 0 saturated heterocycles. The van der Waals surface area contributed by atoms with Gasteiger partial charge in [0.15, 0.2) is 0 Å². The molecule has 0 atom stereocenters. The molecule has 0 N–H and O–H groups in total. The van der Waals surface area contributed by atoms with Crippen LogP contribution in [-0.2, 0) is 15.5 Å². The topological polar surface area (TPSA) is 34.1 Å². The van der Waals surface area contributed by atoms with Gasteiger partial charge in [0.2, 0.25) is 9.05 Å². The molecule has 1 aromatic carbocycles. The van der Waals surface area contributed by atoms with Gasteiger partial charge in [-0.15, -0.1) is 0 Å².